The predicted molar refractivity (Wildman–Crippen MR) is 394 cm³/mol. The van der Waals surface area contributed by atoms with E-state index in [1.807, 2.05) is 0 Å². The van der Waals surface area contributed by atoms with Gasteiger partial charge in [-0.05, 0) is 133 Å². The molecule has 17 rings (SSSR count). The first-order valence-corrected chi connectivity index (χ1v) is 40.5. The molecular weight excluding hydrogens is 1120 g/mol. The third-order valence-corrected chi connectivity index (χ3v) is 25.2. The summed E-state index contributed by atoms with van der Waals surface area (Å²) in [5.74, 6) is 1.25. The van der Waals surface area contributed by atoms with Crippen LogP contribution in [0.3, 0.4) is 0 Å². The van der Waals surface area contributed by atoms with E-state index in [2.05, 4.69) is 288 Å². The van der Waals surface area contributed by atoms with Gasteiger partial charge in [0, 0.05) is 65.6 Å². The molecule has 0 amide bonds. The maximum atomic E-state index is 2.61. The zero-order valence-corrected chi connectivity index (χ0v) is 55.0. The highest BCUT2D eigenvalue weighted by atomic mass is 28.3. The van der Waals surface area contributed by atoms with Crippen LogP contribution >= 0.6 is 0 Å². The Balaban J connectivity index is 0.904. The van der Waals surface area contributed by atoms with Crippen LogP contribution in [0.5, 0.6) is 0 Å². The molecule has 4 heterocycles. The average molecular weight is 1200 g/mol. The van der Waals surface area contributed by atoms with Gasteiger partial charge in [0.1, 0.15) is 0 Å². The van der Waals surface area contributed by atoms with Crippen LogP contribution < -0.4 is 20.2 Å². The second-order valence-corrected chi connectivity index (χ2v) is 38.7. The van der Waals surface area contributed by atoms with Crippen LogP contribution in [0.2, 0.25) is 39.3 Å². The first-order valence-electron chi connectivity index (χ1n) is 33.5. The summed E-state index contributed by atoms with van der Waals surface area (Å²) in [5, 5.41) is 13.1. The van der Waals surface area contributed by atoms with Crippen LogP contribution in [0.1, 0.15) is 87.2 Å². The number of aromatic nitrogens is 2. The fraction of sp³-hybridized carbons (Fsp3) is 0.214. The number of hydrogen-bond donors (Lipinski definition) is 0. The largest absolute Gasteiger partial charge is 0.309 e. The van der Waals surface area contributed by atoms with Crippen molar-refractivity contribution < 1.29 is 0 Å². The Morgan fingerprint density at radius 1 is 0.311 bits per heavy atom. The van der Waals surface area contributed by atoms with Crippen molar-refractivity contribution in [1.82, 2.24) is 8.80 Å². The van der Waals surface area contributed by atoms with Gasteiger partial charge in [0.25, 0.3) is 0 Å². The number of rotatable bonds is 12. The van der Waals surface area contributed by atoms with Gasteiger partial charge < -0.3 is 18.6 Å². The molecule has 11 aromatic carbocycles. The monoisotopic (exact) mass is 1200 g/mol. The molecule has 0 saturated heterocycles. The SMILES string of the molecule is C[Si](C)(C)c1ccc(N(c2ccc(C3CCCCC3)cc2)c2ccc3c4cc5c(cc4n4c6ccccc6c2c34)c2ccc(N(c3ccc(C4CCCCC4)cc3)c3ccc([Si](C)(C)C)cc3-c3ccccc3)c3c4ccccc4n5c23)c(-c2ccccc2)c1. The smallest absolute Gasteiger partial charge is 0.0776 e. The van der Waals surface area contributed by atoms with Crippen molar-refractivity contribution >= 4 is 137 Å². The molecule has 15 aromatic rings. The second kappa shape index (κ2) is 21.4. The zero-order chi connectivity index (χ0) is 60.6. The highest BCUT2D eigenvalue weighted by molar-refractivity contribution is 6.89. The summed E-state index contributed by atoms with van der Waals surface area (Å²) in [6, 6.07) is 89.8. The van der Waals surface area contributed by atoms with Crippen molar-refractivity contribution in [3.8, 4) is 22.3 Å². The van der Waals surface area contributed by atoms with Gasteiger partial charge in [0.15, 0.2) is 0 Å². The molecule has 2 aliphatic carbocycles. The molecule has 0 aliphatic heterocycles. The molecule has 0 N–H and O–H groups in total. The van der Waals surface area contributed by atoms with E-state index in [0.717, 1.165) is 0 Å². The molecule has 0 spiro atoms. The molecule has 0 unspecified atom stereocenters. The molecule has 0 radical (unpaired) electrons. The van der Waals surface area contributed by atoms with Gasteiger partial charge in [-0.1, -0.05) is 246 Å². The number of anilines is 6. The molecular formula is C84H78N4Si2. The van der Waals surface area contributed by atoms with Crippen molar-refractivity contribution in [3.63, 3.8) is 0 Å². The fourth-order valence-corrected chi connectivity index (χ4v) is 18.7. The van der Waals surface area contributed by atoms with Crippen molar-refractivity contribution in [2.45, 2.75) is 115 Å². The van der Waals surface area contributed by atoms with Crippen LogP contribution in [-0.4, -0.2) is 24.9 Å². The lowest BCUT2D eigenvalue weighted by Gasteiger charge is -2.31. The third kappa shape index (κ3) is 8.87. The van der Waals surface area contributed by atoms with Crippen molar-refractivity contribution in [2.24, 2.45) is 0 Å². The predicted octanol–water partition coefficient (Wildman–Crippen LogP) is 23.4. The molecule has 0 bridgehead atoms. The molecule has 90 heavy (non-hydrogen) atoms. The van der Waals surface area contributed by atoms with Crippen LogP contribution in [0.25, 0.3) is 98.4 Å². The van der Waals surface area contributed by atoms with Crippen LogP contribution in [0.4, 0.5) is 34.1 Å². The molecule has 442 valence electrons. The van der Waals surface area contributed by atoms with Gasteiger partial charge in [-0.15, -0.1) is 0 Å². The van der Waals surface area contributed by atoms with Crippen LogP contribution in [0, 0.1) is 0 Å². The highest BCUT2D eigenvalue weighted by Gasteiger charge is 2.32. The lowest BCUT2D eigenvalue weighted by Crippen LogP contribution is -2.37. The average Bonchev–Trinajstić information content (AvgIpc) is 1.59. The first kappa shape index (κ1) is 55.1. The van der Waals surface area contributed by atoms with Gasteiger partial charge in [-0.2, -0.15) is 0 Å². The Kier molecular flexibility index (Phi) is 13.1. The minimum Gasteiger partial charge on any atom is -0.309 e. The van der Waals surface area contributed by atoms with Gasteiger partial charge >= 0.3 is 0 Å². The van der Waals surface area contributed by atoms with E-state index >= 15 is 0 Å². The van der Waals surface area contributed by atoms with Crippen molar-refractivity contribution in [1.29, 1.82) is 0 Å². The maximum absolute atomic E-state index is 2.61. The number of para-hydroxylation sites is 2. The third-order valence-electron chi connectivity index (χ3n) is 21.1. The lowest BCUT2D eigenvalue weighted by molar-refractivity contribution is 0.443. The van der Waals surface area contributed by atoms with Gasteiger partial charge in [-0.25, -0.2) is 0 Å². The number of hydrogen-bond acceptors (Lipinski definition) is 2. The summed E-state index contributed by atoms with van der Waals surface area (Å²) in [7, 11) is -3.40. The number of nitrogens with zero attached hydrogens (tertiary/aromatic N) is 4. The standard InChI is InChI=1S/C84H78N4Si2/c1-89(2,3)63-43-47-75(69(51-63)59-27-15-9-16-28-59)85(61-39-35-57(36-40-61)55-23-11-7-12-24-55)77-49-45-65-71-53-80-72(54-79(71)87-73-33-21-19-31-67(73)81(77)83(65)87)66-46-50-78(82-68-32-20-22-34-74(68)88(80)84(66)82)86(62-41-37-58(38-42-62)56-25-13-8-14-26-56)76-48-44-64(90(4,5)6)52-70(76)60-29-17-10-18-30-60/h9-10,15-22,27-56H,7-8,11-14,23-26H2,1-6H3. The fourth-order valence-electron chi connectivity index (χ4n) is 16.4. The molecule has 6 heteroatoms. The Hall–Kier alpha value is -8.95. The highest BCUT2D eigenvalue weighted by Crippen LogP contribution is 2.53. The van der Waals surface area contributed by atoms with E-state index in [9.17, 15) is 0 Å². The first-order chi connectivity index (χ1) is 43.9. The summed E-state index contributed by atoms with van der Waals surface area (Å²) in [6.07, 6.45) is 13.1. The Morgan fingerprint density at radius 3 is 1.07 bits per heavy atom. The molecule has 4 nitrogen and oxygen atoms in total. The van der Waals surface area contributed by atoms with E-state index in [1.165, 1.54) is 218 Å². The van der Waals surface area contributed by atoms with Crippen LogP contribution in [-0.2, 0) is 0 Å². The van der Waals surface area contributed by atoms with E-state index in [4.69, 9.17) is 0 Å². The van der Waals surface area contributed by atoms with Gasteiger partial charge in [0.2, 0.25) is 0 Å². The maximum Gasteiger partial charge on any atom is 0.0776 e. The summed E-state index contributed by atoms with van der Waals surface area (Å²) in [4.78, 5) is 5.21. The molecule has 2 fully saturated rings. The normalized spacial score (nSPS) is 14.9. The van der Waals surface area contributed by atoms with E-state index < -0.39 is 16.1 Å². The van der Waals surface area contributed by atoms with Gasteiger partial charge in [0.05, 0.1) is 72.0 Å². The Bertz CT molecular complexity index is 4880. The van der Waals surface area contributed by atoms with Crippen LogP contribution in [0.15, 0.2) is 231 Å². The van der Waals surface area contributed by atoms with Crippen molar-refractivity contribution in [3.05, 3.63) is 242 Å². The molecule has 2 aliphatic rings. The second-order valence-electron chi connectivity index (χ2n) is 28.5. The number of benzene rings is 11. The van der Waals surface area contributed by atoms with Gasteiger partial charge in [-0.3, -0.25) is 0 Å². The minimum atomic E-state index is -1.70. The molecule has 2 saturated carbocycles. The Morgan fingerprint density at radius 2 is 0.678 bits per heavy atom. The summed E-state index contributed by atoms with van der Waals surface area (Å²) >= 11 is 0. The summed E-state index contributed by atoms with van der Waals surface area (Å²) in [5.41, 5.74) is 22.6. The quantitative estimate of drug-likeness (QED) is 0.113. The van der Waals surface area contributed by atoms with E-state index in [1.54, 1.807) is 0 Å². The summed E-state index contributed by atoms with van der Waals surface area (Å²) in [6.45, 7) is 14.8. The number of fused-ring (bicyclic) bond motifs is 12. The molecule has 0 atom stereocenters. The Labute approximate surface area is 531 Å². The topological polar surface area (TPSA) is 15.3 Å². The molecule has 4 aromatic heterocycles. The summed E-state index contributed by atoms with van der Waals surface area (Å²) < 4.78 is 5.22. The van der Waals surface area contributed by atoms with E-state index in [-0.39, 0.29) is 0 Å². The van der Waals surface area contributed by atoms with Crippen molar-refractivity contribution in [2.75, 3.05) is 9.80 Å². The lowest BCUT2D eigenvalue weighted by atomic mass is 9.84. The van der Waals surface area contributed by atoms with E-state index in [0.29, 0.717) is 11.8 Å². The zero-order valence-electron chi connectivity index (χ0n) is 53.0. The minimum absolute atomic E-state index is 0.624.